The van der Waals surface area contributed by atoms with Crippen molar-refractivity contribution in [3.8, 4) is 0 Å². The monoisotopic (exact) mass is 251 g/mol. The average molecular weight is 251 g/mol. The fourth-order valence-corrected chi connectivity index (χ4v) is 2.68. The minimum absolute atomic E-state index is 0.249. The highest BCUT2D eigenvalue weighted by Gasteiger charge is 2.17. The van der Waals surface area contributed by atoms with E-state index in [1.807, 2.05) is 4.68 Å². The molecule has 0 radical (unpaired) electrons. The van der Waals surface area contributed by atoms with Gasteiger partial charge in [0.25, 0.3) is 0 Å². The number of nitrogens with one attached hydrogen (secondary N) is 1. The molecule has 17 heavy (non-hydrogen) atoms. The lowest BCUT2D eigenvalue weighted by molar-refractivity contribution is 0.473. The van der Waals surface area contributed by atoms with Crippen molar-refractivity contribution in [2.24, 2.45) is 0 Å². The van der Waals surface area contributed by atoms with Crippen LogP contribution in [0.15, 0.2) is 17.5 Å². The van der Waals surface area contributed by atoms with Crippen LogP contribution in [0.1, 0.15) is 37.0 Å². The number of hydrogen-bond acceptors (Lipinski definition) is 5. The first kappa shape index (κ1) is 12.2. The summed E-state index contributed by atoms with van der Waals surface area (Å²) in [6.45, 7) is 5.86. The maximum atomic E-state index is 4.12. The zero-order valence-electron chi connectivity index (χ0n) is 10.1. The van der Waals surface area contributed by atoms with E-state index in [-0.39, 0.29) is 6.04 Å². The maximum Gasteiger partial charge on any atom is 0.165 e. The van der Waals surface area contributed by atoms with Crippen LogP contribution in [0, 0.1) is 0 Å². The summed E-state index contributed by atoms with van der Waals surface area (Å²) in [7, 11) is 0. The summed E-state index contributed by atoms with van der Waals surface area (Å²) in [5.74, 6) is 0.895. The molecule has 0 bridgehead atoms. The second kappa shape index (κ2) is 5.88. The quantitative estimate of drug-likeness (QED) is 0.851. The molecule has 6 heteroatoms. The molecule has 0 amide bonds. The van der Waals surface area contributed by atoms with Crippen molar-refractivity contribution in [2.45, 2.75) is 32.9 Å². The fraction of sp³-hybridized carbons (Fsp3) is 0.545. The summed E-state index contributed by atoms with van der Waals surface area (Å²) >= 11 is 1.75. The van der Waals surface area contributed by atoms with E-state index in [9.17, 15) is 0 Å². The molecule has 2 heterocycles. The molecule has 1 unspecified atom stereocenters. The molecular weight excluding hydrogens is 234 g/mol. The Kier molecular flexibility index (Phi) is 4.22. The zero-order valence-corrected chi connectivity index (χ0v) is 10.9. The first-order valence-corrected chi connectivity index (χ1v) is 6.75. The van der Waals surface area contributed by atoms with Gasteiger partial charge in [-0.25, -0.2) is 4.68 Å². The van der Waals surface area contributed by atoms with Gasteiger partial charge in [0.05, 0.1) is 12.6 Å². The Morgan fingerprint density at radius 2 is 2.35 bits per heavy atom. The Morgan fingerprint density at radius 3 is 3.00 bits per heavy atom. The van der Waals surface area contributed by atoms with Crippen LogP contribution in [0.3, 0.4) is 0 Å². The SMILES string of the molecule is CCNCc1nnnn1C(CC)c1cccs1. The highest BCUT2D eigenvalue weighted by Crippen LogP contribution is 2.25. The number of rotatable bonds is 6. The van der Waals surface area contributed by atoms with Crippen molar-refractivity contribution in [3.05, 3.63) is 28.2 Å². The smallest absolute Gasteiger partial charge is 0.165 e. The third-order valence-corrected chi connectivity index (χ3v) is 3.62. The number of aromatic nitrogens is 4. The summed E-state index contributed by atoms with van der Waals surface area (Å²) in [6.07, 6.45) is 0.991. The summed E-state index contributed by atoms with van der Waals surface area (Å²) in [6, 6.07) is 4.45. The van der Waals surface area contributed by atoms with E-state index in [4.69, 9.17) is 0 Å². The first-order valence-electron chi connectivity index (χ1n) is 5.87. The Balaban J connectivity index is 2.22. The minimum atomic E-state index is 0.249. The predicted octanol–water partition coefficient (Wildman–Crippen LogP) is 1.84. The summed E-state index contributed by atoms with van der Waals surface area (Å²) in [4.78, 5) is 1.30. The summed E-state index contributed by atoms with van der Waals surface area (Å²) in [5, 5.41) is 17.3. The molecule has 0 spiro atoms. The second-order valence-corrected chi connectivity index (χ2v) is 4.74. The molecule has 0 saturated carbocycles. The van der Waals surface area contributed by atoms with Crippen molar-refractivity contribution in [1.29, 1.82) is 0 Å². The van der Waals surface area contributed by atoms with E-state index in [0.717, 1.165) is 18.8 Å². The minimum Gasteiger partial charge on any atom is -0.310 e. The number of tetrazole rings is 1. The maximum absolute atomic E-state index is 4.12. The van der Waals surface area contributed by atoms with Gasteiger partial charge in [0.1, 0.15) is 0 Å². The van der Waals surface area contributed by atoms with Crippen molar-refractivity contribution >= 4 is 11.3 Å². The molecule has 2 aromatic rings. The van der Waals surface area contributed by atoms with Crippen LogP contribution >= 0.6 is 11.3 Å². The van der Waals surface area contributed by atoms with Crippen molar-refractivity contribution < 1.29 is 0 Å². The molecular formula is C11H17N5S. The zero-order chi connectivity index (χ0) is 12.1. The van der Waals surface area contributed by atoms with Crippen LogP contribution in [0.2, 0.25) is 0 Å². The van der Waals surface area contributed by atoms with Gasteiger partial charge < -0.3 is 5.32 Å². The van der Waals surface area contributed by atoms with E-state index >= 15 is 0 Å². The lowest BCUT2D eigenvalue weighted by Crippen LogP contribution is -2.20. The highest BCUT2D eigenvalue weighted by atomic mass is 32.1. The molecule has 0 aromatic carbocycles. The molecule has 2 aromatic heterocycles. The van der Waals surface area contributed by atoms with E-state index in [1.165, 1.54) is 4.88 Å². The molecule has 0 aliphatic carbocycles. The first-order chi connectivity index (χ1) is 8.36. The molecule has 0 saturated heterocycles. The van der Waals surface area contributed by atoms with Gasteiger partial charge in [0.2, 0.25) is 0 Å². The standard InChI is InChI=1S/C11H17N5S/c1-3-9(10-6-5-7-17-10)16-11(8-12-4-2)13-14-15-16/h5-7,9,12H,3-4,8H2,1-2H3. The predicted molar refractivity (Wildman–Crippen MR) is 67.9 cm³/mol. The summed E-state index contributed by atoms with van der Waals surface area (Å²) < 4.78 is 1.93. The average Bonchev–Trinajstić information content (AvgIpc) is 2.99. The van der Waals surface area contributed by atoms with Crippen molar-refractivity contribution in [2.75, 3.05) is 6.54 Å². The molecule has 1 atom stereocenters. The molecule has 0 aliphatic rings. The molecule has 5 nitrogen and oxygen atoms in total. The number of nitrogens with zero attached hydrogens (tertiary/aromatic N) is 4. The Labute approximate surface area is 105 Å². The number of hydrogen-bond donors (Lipinski definition) is 1. The van der Waals surface area contributed by atoms with Crippen LogP contribution in [-0.2, 0) is 6.54 Å². The molecule has 0 fully saturated rings. The van der Waals surface area contributed by atoms with Gasteiger partial charge in [-0.3, -0.25) is 0 Å². The largest absolute Gasteiger partial charge is 0.310 e. The second-order valence-electron chi connectivity index (χ2n) is 3.76. The lowest BCUT2D eigenvalue weighted by Gasteiger charge is -2.14. The van der Waals surface area contributed by atoms with E-state index in [0.29, 0.717) is 6.54 Å². The Bertz CT molecular complexity index is 436. The normalized spacial score (nSPS) is 12.8. The Morgan fingerprint density at radius 1 is 1.47 bits per heavy atom. The van der Waals surface area contributed by atoms with E-state index in [2.05, 4.69) is 52.2 Å². The third kappa shape index (κ3) is 2.70. The van der Waals surface area contributed by atoms with Gasteiger partial charge in [-0.1, -0.05) is 19.9 Å². The molecule has 1 N–H and O–H groups in total. The third-order valence-electron chi connectivity index (χ3n) is 2.65. The van der Waals surface area contributed by atoms with Gasteiger partial charge in [0.15, 0.2) is 5.82 Å². The van der Waals surface area contributed by atoms with Gasteiger partial charge in [-0.2, -0.15) is 0 Å². The van der Waals surface area contributed by atoms with E-state index < -0.39 is 0 Å². The van der Waals surface area contributed by atoms with Gasteiger partial charge in [-0.15, -0.1) is 16.4 Å². The molecule has 0 aliphatic heterocycles. The van der Waals surface area contributed by atoms with Crippen LogP contribution in [0.4, 0.5) is 0 Å². The fourth-order valence-electron chi connectivity index (χ4n) is 1.78. The summed E-state index contributed by atoms with van der Waals surface area (Å²) in [5.41, 5.74) is 0. The topological polar surface area (TPSA) is 55.6 Å². The lowest BCUT2D eigenvalue weighted by atomic mass is 10.2. The number of thiophene rings is 1. The van der Waals surface area contributed by atoms with Crippen LogP contribution in [0.5, 0.6) is 0 Å². The van der Waals surface area contributed by atoms with Crippen molar-refractivity contribution in [3.63, 3.8) is 0 Å². The van der Waals surface area contributed by atoms with Crippen molar-refractivity contribution in [1.82, 2.24) is 25.5 Å². The van der Waals surface area contributed by atoms with Crippen LogP contribution < -0.4 is 5.32 Å². The molecule has 2 rings (SSSR count). The van der Waals surface area contributed by atoms with E-state index in [1.54, 1.807) is 11.3 Å². The van der Waals surface area contributed by atoms with Gasteiger partial charge >= 0.3 is 0 Å². The van der Waals surface area contributed by atoms with Crippen LogP contribution in [0.25, 0.3) is 0 Å². The molecule has 92 valence electrons. The van der Waals surface area contributed by atoms with Crippen LogP contribution in [-0.4, -0.2) is 26.8 Å². The van der Waals surface area contributed by atoms with Gasteiger partial charge in [-0.05, 0) is 34.8 Å². The van der Waals surface area contributed by atoms with Gasteiger partial charge in [0, 0.05) is 4.88 Å². The Hall–Kier alpha value is -1.27. The highest BCUT2D eigenvalue weighted by molar-refractivity contribution is 7.10.